The van der Waals surface area contributed by atoms with Gasteiger partial charge in [-0.3, -0.25) is 0 Å². The minimum Gasteiger partial charge on any atom is -0.504 e. The van der Waals surface area contributed by atoms with Crippen molar-refractivity contribution >= 4 is 11.4 Å². The summed E-state index contributed by atoms with van der Waals surface area (Å²) in [5.41, 5.74) is 5.12. The van der Waals surface area contributed by atoms with E-state index in [1.807, 2.05) is 18.2 Å². The monoisotopic (exact) mass is 459 g/mol. The SMILES string of the molecule is COc1cc2c(cc1O)/C(=N/OCc1cccc(C#N)c1)C[C@@H]1[C@@H]2CC[C@]2(C)/C(=N\O)CC[C@@H]12. The van der Waals surface area contributed by atoms with Crippen LogP contribution < -0.4 is 4.74 Å². The van der Waals surface area contributed by atoms with Crippen LogP contribution in [0.15, 0.2) is 46.7 Å². The molecule has 2 saturated carbocycles. The molecule has 2 aromatic rings. The number of oxime groups is 2. The number of nitriles is 1. The Balaban J connectivity index is 1.50. The first kappa shape index (κ1) is 22.3. The number of hydrogen-bond donors (Lipinski definition) is 2. The molecule has 0 saturated heterocycles. The molecule has 34 heavy (non-hydrogen) atoms. The van der Waals surface area contributed by atoms with Crippen LogP contribution in [-0.4, -0.2) is 28.8 Å². The summed E-state index contributed by atoms with van der Waals surface area (Å²) in [6.07, 6.45) is 4.51. The first-order valence-electron chi connectivity index (χ1n) is 11.8. The van der Waals surface area contributed by atoms with E-state index < -0.39 is 0 Å². The zero-order chi connectivity index (χ0) is 23.9. The summed E-state index contributed by atoms with van der Waals surface area (Å²) >= 11 is 0. The number of nitrogens with zero attached hydrogens (tertiary/aromatic N) is 3. The Labute approximate surface area is 199 Å². The Kier molecular flexibility index (Phi) is 5.68. The van der Waals surface area contributed by atoms with Gasteiger partial charge >= 0.3 is 0 Å². The van der Waals surface area contributed by atoms with Gasteiger partial charge in [0.1, 0.15) is 6.61 Å². The van der Waals surface area contributed by atoms with Crippen molar-refractivity contribution < 1.29 is 19.9 Å². The van der Waals surface area contributed by atoms with Crippen LogP contribution in [-0.2, 0) is 11.4 Å². The van der Waals surface area contributed by atoms with Gasteiger partial charge in [0, 0.05) is 11.0 Å². The number of fused-ring (bicyclic) bond motifs is 5. The third-order valence-corrected chi connectivity index (χ3v) is 8.25. The van der Waals surface area contributed by atoms with Gasteiger partial charge in [-0.2, -0.15) is 5.26 Å². The third kappa shape index (κ3) is 3.58. The fourth-order valence-electron chi connectivity index (χ4n) is 6.55. The normalized spacial score (nSPS) is 29.7. The highest BCUT2D eigenvalue weighted by atomic mass is 16.6. The van der Waals surface area contributed by atoms with Crippen LogP contribution in [0.3, 0.4) is 0 Å². The number of phenolic OH excluding ortho intramolecular Hbond substituents is 1. The highest BCUT2D eigenvalue weighted by Crippen LogP contribution is 2.60. The van der Waals surface area contributed by atoms with E-state index >= 15 is 0 Å². The summed E-state index contributed by atoms with van der Waals surface area (Å²) in [5, 5.41) is 37.5. The molecule has 0 aromatic heterocycles. The van der Waals surface area contributed by atoms with Crippen LogP contribution in [0, 0.1) is 28.6 Å². The largest absolute Gasteiger partial charge is 0.504 e. The summed E-state index contributed by atoms with van der Waals surface area (Å²) in [5.74, 6) is 1.61. The van der Waals surface area contributed by atoms with Crippen molar-refractivity contribution in [1.29, 1.82) is 5.26 Å². The van der Waals surface area contributed by atoms with E-state index in [4.69, 9.17) is 14.8 Å². The first-order valence-corrected chi connectivity index (χ1v) is 11.8. The van der Waals surface area contributed by atoms with Crippen molar-refractivity contribution in [3.8, 4) is 17.6 Å². The lowest BCUT2D eigenvalue weighted by atomic mass is 9.55. The maximum Gasteiger partial charge on any atom is 0.160 e. The maximum atomic E-state index is 10.5. The molecule has 0 amide bonds. The van der Waals surface area contributed by atoms with Crippen molar-refractivity contribution in [1.82, 2.24) is 0 Å². The second-order valence-electron chi connectivity index (χ2n) is 9.86. The third-order valence-electron chi connectivity index (χ3n) is 8.25. The van der Waals surface area contributed by atoms with Crippen LogP contribution in [0.1, 0.15) is 67.2 Å². The predicted molar refractivity (Wildman–Crippen MR) is 127 cm³/mol. The zero-order valence-electron chi connectivity index (χ0n) is 19.5. The van der Waals surface area contributed by atoms with Gasteiger partial charge in [0.05, 0.1) is 30.2 Å². The average molecular weight is 460 g/mol. The highest BCUT2D eigenvalue weighted by Gasteiger charge is 2.54. The van der Waals surface area contributed by atoms with Crippen LogP contribution in [0.25, 0.3) is 0 Å². The molecular weight excluding hydrogens is 430 g/mol. The first-order chi connectivity index (χ1) is 16.5. The molecule has 0 spiro atoms. The number of aromatic hydroxyl groups is 1. The van der Waals surface area contributed by atoms with Gasteiger partial charge in [0.2, 0.25) is 0 Å². The van der Waals surface area contributed by atoms with E-state index in [-0.39, 0.29) is 17.8 Å². The Hall–Kier alpha value is -3.53. The molecule has 0 aliphatic heterocycles. The van der Waals surface area contributed by atoms with Crippen LogP contribution in [0.2, 0.25) is 0 Å². The molecule has 3 aliphatic rings. The van der Waals surface area contributed by atoms with Gasteiger partial charge in [0.15, 0.2) is 11.5 Å². The Morgan fingerprint density at radius 2 is 2.09 bits per heavy atom. The molecule has 0 unspecified atom stereocenters. The Bertz CT molecular complexity index is 1210. The van der Waals surface area contributed by atoms with Gasteiger partial charge < -0.3 is 19.9 Å². The van der Waals surface area contributed by atoms with Crippen molar-refractivity contribution in [3.63, 3.8) is 0 Å². The topological polar surface area (TPSA) is 107 Å². The van der Waals surface area contributed by atoms with Crippen molar-refractivity contribution in [2.45, 2.75) is 51.6 Å². The van der Waals surface area contributed by atoms with E-state index in [1.54, 1.807) is 25.3 Å². The molecule has 7 nitrogen and oxygen atoms in total. The number of ether oxygens (including phenoxy) is 1. The van der Waals surface area contributed by atoms with E-state index in [1.165, 1.54) is 0 Å². The fraction of sp³-hybridized carbons (Fsp3) is 0.444. The number of hydrogen-bond acceptors (Lipinski definition) is 7. The summed E-state index contributed by atoms with van der Waals surface area (Å²) in [4.78, 5) is 5.77. The fourth-order valence-corrected chi connectivity index (χ4v) is 6.55. The van der Waals surface area contributed by atoms with Crippen molar-refractivity contribution in [2.24, 2.45) is 27.6 Å². The van der Waals surface area contributed by atoms with E-state index in [0.29, 0.717) is 29.1 Å². The second kappa shape index (κ2) is 8.68. The molecule has 0 heterocycles. The Morgan fingerprint density at radius 1 is 1.24 bits per heavy atom. The van der Waals surface area contributed by atoms with Gasteiger partial charge in [-0.05, 0) is 85.3 Å². The average Bonchev–Trinajstić information content (AvgIpc) is 3.20. The number of methoxy groups -OCH3 is 1. The molecule has 0 radical (unpaired) electrons. The van der Waals surface area contributed by atoms with Gasteiger partial charge in [-0.1, -0.05) is 29.4 Å². The van der Waals surface area contributed by atoms with Crippen molar-refractivity contribution in [3.05, 3.63) is 58.7 Å². The number of phenols is 1. The lowest BCUT2D eigenvalue weighted by Gasteiger charge is -2.48. The van der Waals surface area contributed by atoms with Crippen LogP contribution >= 0.6 is 0 Å². The smallest absolute Gasteiger partial charge is 0.160 e. The molecule has 3 aliphatic carbocycles. The van der Waals surface area contributed by atoms with Crippen LogP contribution in [0.5, 0.6) is 11.5 Å². The van der Waals surface area contributed by atoms with E-state index in [9.17, 15) is 10.3 Å². The molecule has 4 atom stereocenters. The molecule has 2 N–H and O–H groups in total. The number of benzene rings is 2. The lowest BCUT2D eigenvalue weighted by Crippen LogP contribution is -2.43. The molecular formula is C27H29N3O4. The molecule has 2 aromatic carbocycles. The zero-order valence-corrected chi connectivity index (χ0v) is 19.5. The highest BCUT2D eigenvalue weighted by molar-refractivity contribution is 6.04. The van der Waals surface area contributed by atoms with Gasteiger partial charge in [0.25, 0.3) is 0 Å². The second-order valence-corrected chi connectivity index (χ2v) is 9.86. The maximum absolute atomic E-state index is 10.5. The standard InChI is InChI=1S/C27H29N3O4/c1-27-9-8-18-19-13-25(33-2)24(31)12-21(19)23(11-20(18)22(27)6-7-26(27)29-32)30-34-15-17-5-3-4-16(10-17)14-28/h3-5,10,12-13,18,20,22,31-32H,6-9,11,15H2,1-2H3/b29-26-,30-23+/t18-,20-,22+,27+/m1/s1. The van der Waals surface area contributed by atoms with Crippen molar-refractivity contribution in [2.75, 3.05) is 7.11 Å². The van der Waals surface area contributed by atoms with E-state index in [2.05, 4.69) is 23.3 Å². The van der Waals surface area contributed by atoms with Crippen LogP contribution in [0.4, 0.5) is 0 Å². The quantitative estimate of drug-likeness (QED) is 0.474. The summed E-state index contributed by atoms with van der Waals surface area (Å²) in [6, 6.07) is 13.1. The summed E-state index contributed by atoms with van der Waals surface area (Å²) < 4.78 is 5.43. The number of rotatable bonds is 4. The Morgan fingerprint density at radius 3 is 2.85 bits per heavy atom. The van der Waals surface area contributed by atoms with E-state index in [0.717, 1.165) is 60.2 Å². The molecule has 176 valence electrons. The van der Waals surface area contributed by atoms with Gasteiger partial charge in [-0.15, -0.1) is 0 Å². The summed E-state index contributed by atoms with van der Waals surface area (Å²) in [7, 11) is 1.56. The minimum absolute atomic E-state index is 0.0883. The van der Waals surface area contributed by atoms with Gasteiger partial charge in [-0.25, -0.2) is 0 Å². The molecule has 7 heteroatoms. The summed E-state index contributed by atoms with van der Waals surface area (Å²) in [6.45, 7) is 2.49. The molecule has 2 fully saturated rings. The molecule has 0 bridgehead atoms. The predicted octanol–water partition coefficient (Wildman–Crippen LogP) is 5.34. The lowest BCUT2D eigenvalue weighted by molar-refractivity contribution is 0.103. The minimum atomic E-state index is -0.0991. The molecule has 5 rings (SSSR count).